The van der Waals surface area contributed by atoms with Gasteiger partial charge in [0.2, 0.25) is 5.89 Å². The molecule has 5 nitrogen and oxygen atoms in total. The SMILES string of the molecule is CC(C)c1noc(CN2CCOCC(C3CCC3)C2)n1. The van der Waals surface area contributed by atoms with E-state index < -0.39 is 0 Å². The monoisotopic (exact) mass is 279 g/mol. The van der Waals surface area contributed by atoms with E-state index in [1.165, 1.54) is 19.3 Å². The highest BCUT2D eigenvalue weighted by Gasteiger charge is 2.30. The van der Waals surface area contributed by atoms with Crippen LogP contribution in [0, 0.1) is 11.8 Å². The fourth-order valence-corrected chi connectivity index (χ4v) is 3.00. The van der Waals surface area contributed by atoms with E-state index in [9.17, 15) is 0 Å². The van der Waals surface area contributed by atoms with Crippen molar-refractivity contribution in [1.29, 1.82) is 0 Å². The first-order chi connectivity index (χ1) is 9.72. The molecule has 1 saturated heterocycles. The molecule has 1 aromatic rings. The van der Waals surface area contributed by atoms with Gasteiger partial charge in [-0.15, -0.1) is 0 Å². The molecule has 0 bridgehead atoms. The summed E-state index contributed by atoms with van der Waals surface area (Å²) in [7, 11) is 0. The summed E-state index contributed by atoms with van der Waals surface area (Å²) in [5, 5.41) is 4.04. The van der Waals surface area contributed by atoms with Crippen LogP contribution in [0.5, 0.6) is 0 Å². The zero-order valence-electron chi connectivity index (χ0n) is 12.5. The van der Waals surface area contributed by atoms with Crippen molar-refractivity contribution in [3.63, 3.8) is 0 Å². The minimum Gasteiger partial charge on any atom is -0.380 e. The number of rotatable bonds is 4. The molecule has 0 aromatic carbocycles. The molecule has 2 aliphatic rings. The number of nitrogens with zero attached hydrogens (tertiary/aromatic N) is 3. The fraction of sp³-hybridized carbons (Fsp3) is 0.867. The maximum absolute atomic E-state index is 5.77. The second-order valence-electron chi connectivity index (χ2n) is 6.46. The summed E-state index contributed by atoms with van der Waals surface area (Å²) >= 11 is 0. The van der Waals surface area contributed by atoms with Crippen molar-refractivity contribution in [2.24, 2.45) is 11.8 Å². The first-order valence-electron chi connectivity index (χ1n) is 7.85. The lowest BCUT2D eigenvalue weighted by Gasteiger charge is -2.34. The quantitative estimate of drug-likeness (QED) is 0.847. The molecule has 1 saturated carbocycles. The highest BCUT2D eigenvalue weighted by molar-refractivity contribution is 4.92. The van der Waals surface area contributed by atoms with Gasteiger partial charge in [-0.2, -0.15) is 4.98 Å². The zero-order chi connectivity index (χ0) is 13.9. The van der Waals surface area contributed by atoms with Gasteiger partial charge in [0, 0.05) is 19.0 Å². The van der Waals surface area contributed by atoms with Crippen molar-refractivity contribution in [3.8, 4) is 0 Å². The van der Waals surface area contributed by atoms with Crippen molar-refractivity contribution in [3.05, 3.63) is 11.7 Å². The van der Waals surface area contributed by atoms with Gasteiger partial charge in [-0.1, -0.05) is 38.3 Å². The van der Waals surface area contributed by atoms with Crippen LogP contribution in [-0.2, 0) is 11.3 Å². The first kappa shape index (κ1) is 14.0. The molecule has 1 aliphatic carbocycles. The maximum atomic E-state index is 5.77. The Kier molecular flexibility index (Phi) is 4.36. The lowest BCUT2D eigenvalue weighted by molar-refractivity contribution is 0.0767. The maximum Gasteiger partial charge on any atom is 0.240 e. The van der Waals surface area contributed by atoms with Crippen molar-refractivity contribution < 1.29 is 9.26 Å². The van der Waals surface area contributed by atoms with Gasteiger partial charge in [-0.25, -0.2) is 0 Å². The van der Waals surface area contributed by atoms with E-state index in [0.717, 1.165) is 50.5 Å². The van der Waals surface area contributed by atoms with Crippen molar-refractivity contribution in [2.45, 2.75) is 45.6 Å². The molecule has 2 heterocycles. The van der Waals surface area contributed by atoms with Crippen molar-refractivity contribution in [1.82, 2.24) is 15.0 Å². The first-order valence-corrected chi connectivity index (χ1v) is 7.85. The molecule has 1 aromatic heterocycles. The van der Waals surface area contributed by atoms with Crippen molar-refractivity contribution >= 4 is 0 Å². The minimum atomic E-state index is 0.322. The second-order valence-corrected chi connectivity index (χ2v) is 6.46. The molecule has 5 heteroatoms. The van der Waals surface area contributed by atoms with Crippen molar-refractivity contribution in [2.75, 3.05) is 26.3 Å². The topological polar surface area (TPSA) is 51.4 Å². The van der Waals surface area contributed by atoms with Crippen LogP contribution < -0.4 is 0 Å². The average Bonchev–Trinajstić information content (AvgIpc) is 2.69. The Morgan fingerprint density at radius 2 is 2.15 bits per heavy atom. The third-order valence-electron chi connectivity index (χ3n) is 4.55. The molecular formula is C15H25N3O2. The summed E-state index contributed by atoms with van der Waals surface area (Å²) in [5.74, 6) is 3.41. The number of hydrogen-bond donors (Lipinski definition) is 0. The summed E-state index contributed by atoms with van der Waals surface area (Å²) in [6, 6.07) is 0. The molecule has 1 atom stereocenters. The van der Waals surface area contributed by atoms with Crippen LogP contribution in [0.1, 0.15) is 50.7 Å². The summed E-state index contributed by atoms with van der Waals surface area (Å²) in [4.78, 5) is 6.89. The Labute approximate surface area is 120 Å². The molecule has 2 fully saturated rings. The molecule has 0 amide bonds. The lowest BCUT2D eigenvalue weighted by atomic mass is 9.76. The normalized spacial score (nSPS) is 25.6. The number of hydrogen-bond acceptors (Lipinski definition) is 5. The van der Waals surface area contributed by atoms with Gasteiger partial charge in [0.15, 0.2) is 5.82 Å². The largest absolute Gasteiger partial charge is 0.380 e. The molecular weight excluding hydrogens is 254 g/mol. The van der Waals surface area contributed by atoms with Crippen LogP contribution in [0.3, 0.4) is 0 Å². The predicted molar refractivity (Wildman–Crippen MR) is 75.3 cm³/mol. The van der Waals surface area contributed by atoms with Crippen LogP contribution in [0.15, 0.2) is 4.52 Å². The fourth-order valence-electron chi connectivity index (χ4n) is 3.00. The third kappa shape index (κ3) is 3.20. The average molecular weight is 279 g/mol. The van der Waals surface area contributed by atoms with Gasteiger partial charge >= 0.3 is 0 Å². The summed E-state index contributed by atoms with van der Waals surface area (Å²) < 4.78 is 11.1. The van der Waals surface area contributed by atoms with E-state index in [1.54, 1.807) is 0 Å². The zero-order valence-corrected chi connectivity index (χ0v) is 12.5. The van der Waals surface area contributed by atoms with Gasteiger partial charge in [0.1, 0.15) is 0 Å². The van der Waals surface area contributed by atoms with Crippen LogP contribution >= 0.6 is 0 Å². The van der Waals surface area contributed by atoms with Crippen LogP contribution in [0.4, 0.5) is 0 Å². The van der Waals surface area contributed by atoms with E-state index in [1.807, 2.05) is 0 Å². The molecule has 0 radical (unpaired) electrons. The Hall–Kier alpha value is -0.940. The van der Waals surface area contributed by atoms with E-state index in [0.29, 0.717) is 11.8 Å². The highest BCUT2D eigenvalue weighted by atomic mass is 16.5. The van der Waals surface area contributed by atoms with Gasteiger partial charge in [-0.3, -0.25) is 4.90 Å². The highest BCUT2D eigenvalue weighted by Crippen LogP contribution is 2.34. The van der Waals surface area contributed by atoms with E-state index >= 15 is 0 Å². The Balaban J connectivity index is 1.59. The standard InChI is InChI=1S/C15H25N3O2/c1-11(2)15-16-14(20-17-15)9-18-6-7-19-10-13(8-18)12-4-3-5-12/h11-13H,3-10H2,1-2H3. The lowest BCUT2D eigenvalue weighted by Crippen LogP contribution is -2.35. The smallest absolute Gasteiger partial charge is 0.240 e. The molecule has 3 rings (SSSR count). The van der Waals surface area contributed by atoms with Gasteiger partial charge in [0.05, 0.1) is 19.8 Å². The molecule has 20 heavy (non-hydrogen) atoms. The molecule has 1 unspecified atom stereocenters. The Bertz CT molecular complexity index is 429. The molecule has 1 aliphatic heterocycles. The Morgan fingerprint density at radius 3 is 2.80 bits per heavy atom. The van der Waals surface area contributed by atoms with Crippen LogP contribution in [-0.4, -0.2) is 41.3 Å². The number of aromatic nitrogens is 2. The second kappa shape index (κ2) is 6.22. The van der Waals surface area contributed by atoms with E-state index in [4.69, 9.17) is 9.26 Å². The predicted octanol–water partition coefficient (Wildman–Crippen LogP) is 2.44. The third-order valence-corrected chi connectivity index (χ3v) is 4.55. The number of ether oxygens (including phenoxy) is 1. The Morgan fingerprint density at radius 1 is 1.30 bits per heavy atom. The van der Waals surface area contributed by atoms with Crippen LogP contribution in [0.2, 0.25) is 0 Å². The van der Waals surface area contributed by atoms with Crippen LogP contribution in [0.25, 0.3) is 0 Å². The van der Waals surface area contributed by atoms with Gasteiger partial charge in [0.25, 0.3) is 0 Å². The summed E-state index contributed by atoms with van der Waals surface area (Å²) in [5.41, 5.74) is 0. The van der Waals surface area contributed by atoms with Gasteiger partial charge in [-0.05, 0) is 11.8 Å². The molecule has 112 valence electrons. The molecule has 0 spiro atoms. The summed E-state index contributed by atoms with van der Waals surface area (Å²) in [6.07, 6.45) is 4.14. The van der Waals surface area contributed by atoms with E-state index in [2.05, 4.69) is 28.9 Å². The van der Waals surface area contributed by atoms with E-state index in [-0.39, 0.29) is 0 Å². The molecule has 0 N–H and O–H groups in total. The van der Waals surface area contributed by atoms with Gasteiger partial charge < -0.3 is 9.26 Å². The summed E-state index contributed by atoms with van der Waals surface area (Å²) in [6.45, 7) is 8.72. The minimum absolute atomic E-state index is 0.322.